The van der Waals surface area contributed by atoms with Gasteiger partial charge in [0, 0.05) is 25.0 Å². The summed E-state index contributed by atoms with van der Waals surface area (Å²) in [6.07, 6.45) is 10.0. The largest absolute Gasteiger partial charge is 0.352 e. The van der Waals surface area contributed by atoms with E-state index in [0.717, 1.165) is 17.6 Å². The number of nitrogens with one attached hydrogen (secondary N) is 1. The van der Waals surface area contributed by atoms with Gasteiger partial charge in [0.25, 0.3) is 12.2 Å². The number of carbonyl (C=O) groups is 1. The molecule has 4 rings (SSSR count). The van der Waals surface area contributed by atoms with Gasteiger partial charge in [0.05, 0.1) is 6.20 Å². The number of amides is 1. The maximum Gasteiger partial charge on any atom is 0.257 e. The van der Waals surface area contributed by atoms with Crippen LogP contribution < -0.4 is 9.88 Å². The molecule has 0 unspecified atom stereocenters. The van der Waals surface area contributed by atoms with Crippen molar-refractivity contribution in [2.75, 3.05) is 6.54 Å². The van der Waals surface area contributed by atoms with Crippen molar-refractivity contribution in [2.24, 2.45) is 0 Å². The Kier molecular flexibility index (Phi) is 4.43. The van der Waals surface area contributed by atoms with Crippen molar-refractivity contribution in [3.8, 4) is 5.69 Å². The Morgan fingerprint density at radius 3 is 2.77 bits per heavy atom. The SMILES string of the molecule is O=C(NCCc1ccccc1)c1cnccc1-[n+]1cc2ccccn2c1. The number of imidazole rings is 1. The quantitative estimate of drug-likeness (QED) is 0.566. The fraction of sp³-hybridized carbons (Fsp3) is 0.0952. The predicted octanol–water partition coefficient (Wildman–Crippen LogP) is 2.58. The van der Waals surface area contributed by atoms with Crippen LogP contribution in [0.5, 0.6) is 0 Å². The molecule has 0 atom stereocenters. The van der Waals surface area contributed by atoms with Crippen LogP contribution in [0.15, 0.2) is 85.7 Å². The number of fused-ring (bicyclic) bond motifs is 1. The van der Waals surface area contributed by atoms with Crippen molar-refractivity contribution in [1.29, 1.82) is 0 Å². The molecule has 1 N–H and O–H groups in total. The Morgan fingerprint density at radius 2 is 1.92 bits per heavy atom. The van der Waals surface area contributed by atoms with Crippen molar-refractivity contribution < 1.29 is 9.36 Å². The number of aromatic nitrogens is 3. The van der Waals surface area contributed by atoms with E-state index in [-0.39, 0.29) is 5.91 Å². The van der Waals surface area contributed by atoms with E-state index in [4.69, 9.17) is 0 Å². The Labute approximate surface area is 151 Å². The van der Waals surface area contributed by atoms with E-state index in [1.54, 1.807) is 12.4 Å². The summed E-state index contributed by atoms with van der Waals surface area (Å²) in [6, 6.07) is 18.0. The molecule has 0 aliphatic carbocycles. The molecule has 4 aromatic rings. The van der Waals surface area contributed by atoms with Gasteiger partial charge in [0.2, 0.25) is 0 Å². The lowest BCUT2D eigenvalue weighted by Gasteiger charge is -2.07. The fourth-order valence-corrected chi connectivity index (χ4v) is 2.97. The third kappa shape index (κ3) is 3.32. The third-order valence-corrected chi connectivity index (χ3v) is 4.31. The highest BCUT2D eigenvalue weighted by Gasteiger charge is 2.17. The molecule has 0 radical (unpaired) electrons. The minimum absolute atomic E-state index is 0.119. The Morgan fingerprint density at radius 1 is 1.08 bits per heavy atom. The van der Waals surface area contributed by atoms with E-state index in [1.165, 1.54) is 5.56 Å². The van der Waals surface area contributed by atoms with Gasteiger partial charge in [-0.2, -0.15) is 0 Å². The first-order valence-corrected chi connectivity index (χ1v) is 8.56. The molecule has 0 saturated heterocycles. The first-order chi connectivity index (χ1) is 12.8. The lowest BCUT2D eigenvalue weighted by Crippen LogP contribution is -2.34. The van der Waals surface area contributed by atoms with Gasteiger partial charge in [0.15, 0.2) is 5.52 Å². The lowest BCUT2D eigenvalue weighted by atomic mass is 10.1. The summed E-state index contributed by atoms with van der Waals surface area (Å²) in [5, 5.41) is 2.99. The lowest BCUT2D eigenvalue weighted by molar-refractivity contribution is -0.594. The molecule has 1 amide bonds. The van der Waals surface area contributed by atoms with Gasteiger partial charge in [-0.05, 0) is 24.1 Å². The van der Waals surface area contributed by atoms with Gasteiger partial charge in [-0.15, -0.1) is 0 Å². The summed E-state index contributed by atoms with van der Waals surface area (Å²) in [6.45, 7) is 0.583. The standard InChI is InChI=1S/C21H18N4O/c26-21(23-12-9-17-6-2-1-3-7-17)19-14-22-11-10-20(19)25-15-18-8-4-5-13-24(18)16-25/h1-8,10-11,13-16H,9,12H2/p+1. The molecule has 128 valence electrons. The zero-order chi connectivity index (χ0) is 17.8. The molecular weight excluding hydrogens is 324 g/mol. The zero-order valence-corrected chi connectivity index (χ0v) is 14.2. The fourth-order valence-electron chi connectivity index (χ4n) is 2.97. The van der Waals surface area contributed by atoms with Crippen LogP contribution >= 0.6 is 0 Å². The minimum Gasteiger partial charge on any atom is -0.352 e. The molecule has 5 nitrogen and oxygen atoms in total. The number of hydrogen-bond donors (Lipinski definition) is 1. The van der Waals surface area contributed by atoms with Gasteiger partial charge in [0.1, 0.15) is 17.4 Å². The van der Waals surface area contributed by atoms with Crippen LogP contribution in [0.25, 0.3) is 11.2 Å². The zero-order valence-electron chi connectivity index (χ0n) is 14.2. The average Bonchev–Trinajstić information content (AvgIpc) is 3.13. The molecule has 3 aromatic heterocycles. The van der Waals surface area contributed by atoms with E-state index >= 15 is 0 Å². The van der Waals surface area contributed by atoms with Crippen molar-refractivity contribution >= 4 is 11.4 Å². The van der Waals surface area contributed by atoms with Crippen molar-refractivity contribution in [3.05, 3.63) is 96.8 Å². The topological polar surface area (TPSA) is 50.3 Å². The van der Waals surface area contributed by atoms with Gasteiger partial charge < -0.3 is 5.32 Å². The van der Waals surface area contributed by atoms with Crippen molar-refractivity contribution in [1.82, 2.24) is 14.7 Å². The van der Waals surface area contributed by atoms with E-state index < -0.39 is 0 Å². The van der Waals surface area contributed by atoms with Gasteiger partial charge in [-0.1, -0.05) is 36.4 Å². The predicted molar refractivity (Wildman–Crippen MR) is 99.2 cm³/mol. The number of benzene rings is 1. The molecule has 3 heterocycles. The highest BCUT2D eigenvalue weighted by molar-refractivity contribution is 5.96. The summed E-state index contributed by atoms with van der Waals surface area (Å²) >= 11 is 0. The highest BCUT2D eigenvalue weighted by Crippen LogP contribution is 2.09. The molecule has 0 saturated carbocycles. The summed E-state index contributed by atoms with van der Waals surface area (Å²) in [5.41, 5.74) is 3.62. The first-order valence-electron chi connectivity index (χ1n) is 8.56. The van der Waals surface area contributed by atoms with Crippen LogP contribution in [0.2, 0.25) is 0 Å². The van der Waals surface area contributed by atoms with Crippen LogP contribution in [-0.4, -0.2) is 21.8 Å². The van der Waals surface area contributed by atoms with Gasteiger partial charge >= 0.3 is 0 Å². The van der Waals surface area contributed by atoms with E-state index in [1.807, 2.05) is 70.2 Å². The second-order valence-corrected chi connectivity index (χ2v) is 6.07. The second-order valence-electron chi connectivity index (χ2n) is 6.07. The monoisotopic (exact) mass is 343 g/mol. The normalized spacial score (nSPS) is 10.8. The second kappa shape index (κ2) is 7.19. The highest BCUT2D eigenvalue weighted by atomic mass is 16.1. The molecule has 0 aliphatic rings. The molecule has 0 bridgehead atoms. The molecule has 0 aliphatic heterocycles. The number of nitrogens with zero attached hydrogens (tertiary/aromatic N) is 3. The van der Waals surface area contributed by atoms with E-state index in [0.29, 0.717) is 12.1 Å². The van der Waals surface area contributed by atoms with Crippen molar-refractivity contribution in [3.63, 3.8) is 0 Å². The van der Waals surface area contributed by atoms with Crippen molar-refractivity contribution in [2.45, 2.75) is 6.42 Å². The summed E-state index contributed by atoms with van der Waals surface area (Å²) in [4.78, 5) is 16.8. The number of carbonyl (C=O) groups excluding carboxylic acids is 1. The average molecular weight is 343 g/mol. The molecule has 5 heteroatoms. The Bertz CT molecular complexity index is 1010. The van der Waals surface area contributed by atoms with Gasteiger partial charge in [-0.3, -0.25) is 9.78 Å². The van der Waals surface area contributed by atoms with Crippen LogP contribution in [0.1, 0.15) is 15.9 Å². The van der Waals surface area contributed by atoms with Crippen LogP contribution in [-0.2, 0) is 6.42 Å². The molecular formula is C21H19N4O+. The summed E-state index contributed by atoms with van der Waals surface area (Å²) in [7, 11) is 0. The number of rotatable bonds is 5. The summed E-state index contributed by atoms with van der Waals surface area (Å²) < 4.78 is 3.96. The number of hydrogen-bond acceptors (Lipinski definition) is 2. The summed E-state index contributed by atoms with van der Waals surface area (Å²) in [5.74, 6) is -0.119. The van der Waals surface area contributed by atoms with Crippen LogP contribution in [0.3, 0.4) is 0 Å². The number of pyridine rings is 2. The molecule has 0 spiro atoms. The van der Waals surface area contributed by atoms with Gasteiger partial charge in [-0.25, -0.2) is 8.97 Å². The van der Waals surface area contributed by atoms with E-state index in [2.05, 4.69) is 22.4 Å². The third-order valence-electron chi connectivity index (χ3n) is 4.31. The van der Waals surface area contributed by atoms with Crippen LogP contribution in [0, 0.1) is 0 Å². The molecule has 26 heavy (non-hydrogen) atoms. The van der Waals surface area contributed by atoms with E-state index in [9.17, 15) is 4.79 Å². The Hall–Kier alpha value is -3.47. The maximum absolute atomic E-state index is 12.7. The maximum atomic E-state index is 12.7. The molecule has 1 aromatic carbocycles. The Balaban J connectivity index is 1.54. The minimum atomic E-state index is -0.119. The smallest absolute Gasteiger partial charge is 0.257 e. The van der Waals surface area contributed by atoms with Crippen LogP contribution in [0.4, 0.5) is 0 Å². The first kappa shape index (κ1) is 16.0. The molecule has 0 fully saturated rings.